The number of ether oxygens (including phenoxy) is 1. The molecule has 0 aliphatic rings. The summed E-state index contributed by atoms with van der Waals surface area (Å²) in [6.07, 6.45) is 0. The van der Waals surface area contributed by atoms with Crippen molar-refractivity contribution in [1.82, 2.24) is 10.3 Å². The van der Waals surface area contributed by atoms with E-state index in [-0.39, 0.29) is 11.7 Å². The summed E-state index contributed by atoms with van der Waals surface area (Å²) in [6.45, 7) is 3.67. The Morgan fingerprint density at radius 2 is 1.93 bits per heavy atom. The van der Waals surface area contributed by atoms with Gasteiger partial charge in [-0.2, -0.15) is 0 Å². The minimum absolute atomic E-state index is 0.162. The number of methoxy groups -OCH3 is 1. The first kappa shape index (κ1) is 19.8. The summed E-state index contributed by atoms with van der Waals surface area (Å²) in [5.41, 5.74) is 0.944. The minimum atomic E-state index is -0.777. The molecule has 0 bridgehead atoms. The zero-order valence-electron chi connectivity index (χ0n) is 15.7. The number of carbonyl (C=O) groups is 2. The van der Waals surface area contributed by atoms with Crippen molar-refractivity contribution >= 4 is 38.5 Å². The van der Waals surface area contributed by atoms with Crippen LogP contribution in [0.1, 0.15) is 24.2 Å². The van der Waals surface area contributed by atoms with Gasteiger partial charge >= 0.3 is 0 Å². The lowest BCUT2D eigenvalue weighted by atomic mass is 10.0. The lowest BCUT2D eigenvalue weighted by molar-refractivity contribution is -0.118. The predicted octanol–water partition coefficient (Wildman–Crippen LogP) is 3.84. The number of halogens is 1. The van der Waals surface area contributed by atoms with Crippen LogP contribution in [-0.4, -0.2) is 29.9 Å². The molecule has 28 heavy (non-hydrogen) atoms. The van der Waals surface area contributed by atoms with Crippen LogP contribution in [0.3, 0.4) is 0 Å². The summed E-state index contributed by atoms with van der Waals surface area (Å²) in [5, 5.41) is 5.82. The zero-order valence-corrected chi connectivity index (χ0v) is 16.5. The first-order chi connectivity index (χ1) is 13.4. The number of anilines is 1. The summed E-state index contributed by atoms with van der Waals surface area (Å²) in [5.74, 6) is -0.893. The Morgan fingerprint density at radius 3 is 2.64 bits per heavy atom. The van der Waals surface area contributed by atoms with Gasteiger partial charge in [-0.3, -0.25) is 9.59 Å². The number of hydrogen-bond acceptors (Lipinski definition) is 5. The molecule has 0 aliphatic heterocycles. The van der Waals surface area contributed by atoms with E-state index in [2.05, 4.69) is 15.6 Å². The van der Waals surface area contributed by atoms with E-state index in [4.69, 9.17) is 4.74 Å². The number of rotatable bonds is 6. The molecule has 2 amide bonds. The van der Waals surface area contributed by atoms with E-state index < -0.39 is 17.9 Å². The zero-order chi connectivity index (χ0) is 20.3. The van der Waals surface area contributed by atoms with Crippen LogP contribution in [0.2, 0.25) is 0 Å². The topological polar surface area (TPSA) is 80.3 Å². The lowest BCUT2D eigenvalue weighted by Gasteiger charge is -2.21. The second-order valence-corrected chi connectivity index (χ2v) is 7.55. The summed E-state index contributed by atoms with van der Waals surface area (Å²) >= 11 is 1.17. The van der Waals surface area contributed by atoms with Gasteiger partial charge in [0.2, 0.25) is 5.91 Å². The molecule has 0 saturated carbocycles. The number of fused-ring (bicyclic) bond motifs is 1. The van der Waals surface area contributed by atoms with Gasteiger partial charge in [-0.05, 0) is 36.2 Å². The molecule has 0 unspecified atom stereocenters. The molecule has 2 aromatic carbocycles. The van der Waals surface area contributed by atoms with Crippen LogP contribution in [0.15, 0.2) is 42.5 Å². The third-order valence-electron chi connectivity index (χ3n) is 4.17. The van der Waals surface area contributed by atoms with Crippen molar-refractivity contribution in [3.05, 3.63) is 53.8 Å². The normalized spacial score (nSPS) is 12.0. The number of nitrogens with zero attached hydrogens (tertiary/aromatic N) is 1. The Hall–Kier alpha value is -3.00. The number of carbonyl (C=O) groups excluding carboxylic acids is 2. The molecule has 1 atom stereocenters. The van der Waals surface area contributed by atoms with Gasteiger partial charge in [-0.15, -0.1) is 0 Å². The number of amides is 2. The monoisotopic (exact) mass is 401 g/mol. The Kier molecular flexibility index (Phi) is 5.89. The van der Waals surface area contributed by atoms with Crippen LogP contribution in [0, 0.1) is 11.7 Å². The van der Waals surface area contributed by atoms with Crippen LogP contribution in [0.25, 0.3) is 10.2 Å². The molecule has 1 heterocycles. The summed E-state index contributed by atoms with van der Waals surface area (Å²) in [4.78, 5) is 29.7. The second kappa shape index (κ2) is 8.35. The van der Waals surface area contributed by atoms with E-state index in [0.717, 1.165) is 0 Å². The van der Waals surface area contributed by atoms with Gasteiger partial charge in [0.15, 0.2) is 5.13 Å². The molecular weight excluding hydrogens is 381 g/mol. The van der Waals surface area contributed by atoms with Crippen molar-refractivity contribution in [2.75, 3.05) is 12.4 Å². The Balaban J connectivity index is 1.77. The van der Waals surface area contributed by atoms with Crippen LogP contribution in [0.4, 0.5) is 9.52 Å². The first-order valence-electron chi connectivity index (χ1n) is 8.70. The number of nitrogens with one attached hydrogen (secondary N) is 2. The van der Waals surface area contributed by atoms with Crippen molar-refractivity contribution < 1.29 is 18.7 Å². The standard InChI is InChI=1S/C20H20FN3O3S/c1-11(2)17(23-18(25)13-6-4-5-7-15(13)27-3)19(26)24-20-22-14-9-8-12(21)10-16(14)28-20/h4-11,17H,1-3H3,(H,23,25)(H,22,24,26)/t17-/m1/s1. The highest BCUT2D eigenvalue weighted by atomic mass is 32.1. The maximum absolute atomic E-state index is 13.3. The molecule has 0 saturated heterocycles. The minimum Gasteiger partial charge on any atom is -0.496 e. The van der Waals surface area contributed by atoms with Gasteiger partial charge in [0.05, 0.1) is 22.9 Å². The molecule has 1 aromatic heterocycles. The van der Waals surface area contributed by atoms with Gasteiger partial charge in [0, 0.05) is 0 Å². The van der Waals surface area contributed by atoms with E-state index in [9.17, 15) is 14.0 Å². The highest BCUT2D eigenvalue weighted by Crippen LogP contribution is 2.27. The fourth-order valence-corrected chi connectivity index (χ4v) is 3.61. The third kappa shape index (κ3) is 4.28. The van der Waals surface area contributed by atoms with E-state index in [0.29, 0.717) is 26.7 Å². The van der Waals surface area contributed by atoms with Gasteiger partial charge in [-0.25, -0.2) is 9.37 Å². The van der Waals surface area contributed by atoms with Crippen LogP contribution >= 0.6 is 11.3 Å². The number of para-hydroxylation sites is 1. The quantitative estimate of drug-likeness (QED) is 0.658. The Morgan fingerprint density at radius 1 is 1.18 bits per heavy atom. The summed E-state index contributed by atoms with van der Waals surface area (Å²) in [7, 11) is 1.48. The highest BCUT2D eigenvalue weighted by molar-refractivity contribution is 7.22. The molecule has 3 rings (SSSR count). The smallest absolute Gasteiger partial charge is 0.255 e. The Bertz CT molecular complexity index is 1020. The number of hydrogen-bond donors (Lipinski definition) is 2. The van der Waals surface area contributed by atoms with Crippen LogP contribution in [0.5, 0.6) is 5.75 Å². The van der Waals surface area contributed by atoms with E-state index >= 15 is 0 Å². The summed E-state index contributed by atoms with van der Waals surface area (Å²) in [6, 6.07) is 10.3. The SMILES string of the molecule is COc1ccccc1C(=O)N[C@@H](C(=O)Nc1nc2ccc(F)cc2s1)C(C)C. The Labute approximate surface area is 165 Å². The number of aromatic nitrogens is 1. The van der Waals surface area contributed by atoms with E-state index in [1.54, 1.807) is 30.3 Å². The molecule has 6 nitrogen and oxygen atoms in total. The number of thiazole rings is 1. The van der Waals surface area contributed by atoms with Crippen LogP contribution < -0.4 is 15.4 Å². The molecule has 0 aliphatic carbocycles. The predicted molar refractivity (Wildman–Crippen MR) is 107 cm³/mol. The van der Waals surface area contributed by atoms with Crippen molar-refractivity contribution in [3.8, 4) is 5.75 Å². The lowest BCUT2D eigenvalue weighted by Crippen LogP contribution is -2.47. The summed E-state index contributed by atoms with van der Waals surface area (Å²) < 4.78 is 19.2. The molecule has 0 spiro atoms. The maximum Gasteiger partial charge on any atom is 0.255 e. The van der Waals surface area contributed by atoms with E-state index in [1.165, 1.54) is 30.6 Å². The highest BCUT2D eigenvalue weighted by Gasteiger charge is 2.26. The fraction of sp³-hybridized carbons (Fsp3) is 0.250. The third-order valence-corrected chi connectivity index (χ3v) is 5.10. The van der Waals surface area contributed by atoms with Gasteiger partial charge < -0.3 is 15.4 Å². The van der Waals surface area contributed by atoms with Crippen molar-refractivity contribution in [2.24, 2.45) is 5.92 Å². The molecule has 3 aromatic rings. The van der Waals surface area contributed by atoms with Crippen molar-refractivity contribution in [2.45, 2.75) is 19.9 Å². The van der Waals surface area contributed by atoms with Gasteiger partial charge in [0.25, 0.3) is 5.91 Å². The largest absolute Gasteiger partial charge is 0.496 e. The van der Waals surface area contributed by atoms with Crippen molar-refractivity contribution in [3.63, 3.8) is 0 Å². The van der Waals surface area contributed by atoms with Crippen LogP contribution in [-0.2, 0) is 4.79 Å². The molecule has 0 radical (unpaired) electrons. The van der Waals surface area contributed by atoms with E-state index in [1.807, 2.05) is 13.8 Å². The number of benzene rings is 2. The second-order valence-electron chi connectivity index (χ2n) is 6.52. The first-order valence-corrected chi connectivity index (χ1v) is 9.51. The maximum atomic E-state index is 13.3. The van der Waals surface area contributed by atoms with Gasteiger partial charge in [-0.1, -0.05) is 37.3 Å². The molecule has 2 N–H and O–H groups in total. The van der Waals surface area contributed by atoms with Crippen molar-refractivity contribution in [1.29, 1.82) is 0 Å². The molecule has 0 fully saturated rings. The molecule has 8 heteroatoms. The average Bonchev–Trinajstić information content (AvgIpc) is 3.06. The molecular formula is C20H20FN3O3S. The van der Waals surface area contributed by atoms with Gasteiger partial charge in [0.1, 0.15) is 17.6 Å². The average molecular weight is 401 g/mol. The molecule has 146 valence electrons. The fourth-order valence-electron chi connectivity index (χ4n) is 2.72.